The molecule has 0 saturated carbocycles. The maximum absolute atomic E-state index is 14.1. The fourth-order valence-electron chi connectivity index (χ4n) is 2.27. The molecule has 3 rings (SSSR count). The van der Waals surface area contributed by atoms with E-state index in [2.05, 4.69) is 21.0 Å². The van der Waals surface area contributed by atoms with Crippen molar-refractivity contribution >= 4 is 25.8 Å². The van der Waals surface area contributed by atoms with Gasteiger partial charge in [-0.2, -0.15) is 5.10 Å². The van der Waals surface area contributed by atoms with Crippen LogP contribution >= 0.6 is 15.9 Å². The van der Waals surface area contributed by atoms with Crippen molar-refractivity contribution in [2.45, 2.75) is 4.90 Å². The Kier molecular flexibility index (Phi) is 4.08. The largest absolute Gasteiger partial charge is 0.233 e. The molecule has 7 heteroatoms. The van der Waals surface area contributed by atoms with Crippen molar-refractivity contribution in [3.8, 4) is 16.9 Å². The van der Waals surface area contributed by atoms with E-state index in [-0.39, 0.29) is 4.90 Å². The molecule has 0 saturated heterocycles. The minimum absolute atomic E-state index is 0.321. The molecule has 0 atom stereocenters. The lowest BCUT2D eigenvalue weighted by atomic mass is 10.1. The molecule has 118 valence electrons. The zero-order valence-electron chi connectivity index (χ0n) is 12.1. The van der Waals surface area contributed by atoms with Crippen LogP contribution in [0.1, 0.15) is 0 Å². The van der Waals surface area contributed by atoms with Crippen LogP contribution in [0.15, 0.2) is 64.1 Å². The standard InChI is InChI=1S/C16H12BrFN2O2S/c1-23(21,22)16-7-6-13(10-14(16)18)20-15(8-9-19-20)11-2-4-12(17)5-3-11/h2-10H,1H3. The lowest BCUT2D eigenvalue weighted by Crippen LogP contribution is -2.04. The van der Waals surface area contributed by atoms with E-state index in [1.54, 1.807) is 10.9 Å². The monoisotopic (exact) mass is 394 g/mol. The minimum Gasteiger partial charge on any atom is -0.233 e. The van der Waals surface area contributed by atoms with Gasteiger partial charge in [0.05, 0.1) is 17.6 Å². The van der Waals surface area contributed by atoms with Crippen molar-refractivity contribution in [3.63, 3.8) is 0 Å². The topological polar surface area (TPSA) is 52.0 Å². The molecular formula is C16H12BrFN2O2S. The number of benzene rings is 2. The molecule has 0 aliphatic heterocycles. The third-order valence-electron chi connectivity index (χ3n) is 3.34. The number of nitrogens with zero attached hydrogens (tertiary/aromatic N) is 2. The van der Waals surface area contributed by atoms with Gasteiger partial charge >= 0.3 is 0 Å². The van der Waals surface area contributed by atoms with Crippen LogP contribution in [0.25, 0.3) is 16.9 Å². The van der Waals surface area contributed by atoms with Gasteiger partial charge in [-0.25, -0.2) is 17.5 Å². The Balaban J connectivity index is 2.09. The summed E-state index contributed by atoms with van der Waals surface area (Å²) in [6.45, 7) is 0. The molecule has 23 heavy (non-hydrogen) atoms. The summed E-state index contributed by atoms with van der Waals surface area (Å²) in [6.07, 6.45) is 2.59. The van der Waals surface area contributed by atoms with Gasteiger partial charge in [0, 0.05) is 22.4 Å². The Morgan fingerprint density at radius 2 is 1.78 bits per heavy atom. The van der Waals surface area contributed by atoms with Gasteiger partial charge in [0.2, 0.25) is 0 Å². The van der Waals surface area contributed by atoms with E-state index >= 15 is 0 Å². The molecule has 0 N–H and O–H groups in total. The molecule has 1 heterocycles. The molecule has 3 aromatic rings. The molecule has 2 aromatic carbocycles. The SMILES string of the molecule is CS(=O)(=O)c1ccc(-n2nccc2-c2ccc(Br)cc2)cc1F. The summed E-state index contributed by atoms with van der Waals surface area (Å²) in [5, 5.41) is 4.21. The Morgan fingerprint density at radius 1 is 1.09 bits per heavy atom. The second kappa shape index (κ2) is 5.90. The van der Waals surface area contributed by atoms with Crippen LogP contribution in [0, 0.1) is 5.82 Å². The molecular weight excluding hydrogens is 383 g/mol. The van der Waals surface area contributed by atoms with Gasteiger partial charge in [-0.15, -0.1) is 0 Å². The van der Waals surface area contributed by atoms with E-state index in [0.717, 1.165) is 22.0 Å². The molecule has 0 bridgehead atoms. The lowest BCUT2D eigenvalue weighted by Gasteiger charge is -2.09. The van der Waals surface area contributed by atoms with Crippen molar-refractivity contribution in [3.05, 3.63) is 65.0 Å². The fraction of sp³-hybridized carbons (Fsp3) is 0.0625. The third kappa shape index (κ3) is 3.20. The molecule has 0 aliphatic carbocycles. The molecule has 0 radical (unpaired) electrons. The second-order valence-electron chi connectivity index (χ2n) is 5.02. The highest BCUT2D eigenvalue weighted by molar-refractivity contribution is 9.10. The fourth-order valence-corrected chi connectivity index (χ4v) is 3.26. The smallest absolute Gasteiger partial charge is 0.178 e. The first kappa shape index (κ1) is 15.9. The van der Waals surface area contributed by atoms with Crippen molar-refractivity contribution in [2.24, 2.45) is 0 Å². The first-order valence-corrected chi connectivity index (χ1v) is 9.34. The quantitative estimate of drug-likeness (QED) is 0.677. The maximum Gasteiger partial charge on any atom is 0.178 e. The first-order chi connectivity index (χ1) is 10.9. The number of rotatable bonds is 3. The summed E-state index contributed by atoms with van der Waals surface area (Å²) in [4.78, 5) is -0.321. The molecule has 0 fully saturated rings. The van der Waals surface area contributed by atoms with Crippen LogP contribution in [0.2, 0.25) is 0 Å². The average molecular weight is 395 g/mol. The Labute approximate surface area is 141 Å². The van der Waals surface area contributed by atoms with E-state index < -0.39 is 15.7 Å². The predicted octanol–water partition coefficient (Wildman–Crippen LogP) is 3.84. The van der Waals surface area contributed by atoms with Crippen molar-refractivity contribution in [1.29, 1.82) is 0 Å². The second-order valence-corrected chi connectivity index (χ2v) is 7.92. The van der Waals surface area contributed by atoms with Crippen molar-refractivity contribution in [1.82, 2.24) is 9.78 Å². The highest BCUT2D eigenvalue weighted by atomic mass is 79.9. The zero-order valence-corrected chi connectivity index (χ0v) is 14.5. The van der Waals surface area contributed by atoms with Crippen LogP contribution in [-0.4, -0.2) is 24.5 Å². The number of hydrogen-bond acceptors (Lipinski definition) is 3. The summed E-state index contributed by atoms with van der Waals surface area (Å²) < 4.78 is 39.6. The molecule has 0 unspecified atom stereocenters. The van der Waals surface area contributed by atoms with Crippen LogP contribution in [0.3, 0.4) is 0 Å². The molecule has 0 spiro atoms. The lowest BCUT2D eigenvalue weighted by molar-refractivity contribution is 0.569. The number of sulfone groups is 1. The van der Waals surface area contributed by atoms with Crippen LogP contribution < -0.4 is 0 Å². The molecule has 0 aliphatic rings. The molecule has 0 amide bonds. The van der Waals surface area contributed by atoms with Crippen LogP contribution in [0.5, 0.6) is 0 Å². The summed E-state index contributed by atoms with van der Waals surface area (Å²) in [6, 6.07) is 13.4. The van der Waals surface area contributed by atoms with E-state index in [1.807, 2.05) is 30.3 Å². The number of hydrogen-bond donors (Lipinski definition) is 0. The maximum atomic E-state index is 14.1. The van der Waals surface area contributed by atoms with Gasteiger partial charge in [-0.05, 0) is 30.3 Å². The van der Waals surface area contributed by atoms with Gasteiger partial charge in [-0.3, -0.25) is 0 Å². The summed E-state index contributed by atoms with van der Waals surface area (Å²) in [5.74, 6) is -0.790. The van der Waals surface area contributed by atoms with Crippen LogP contribution in [-0.2, 0) is 9.84 Å². The first-order valence-electron chi connectivity index (χ1n) is 6.66. The van der Waals surface area contributed by atoms with Crippen molar-refractivity contribution in [2.75, 3.05) is 6.26 Å². The molecule has 1 aromatic heterocycles. The number of halogens is 2. The van der Waals surface area contributed by atoms with Crippen LogP contribution in [0.4, 0.5) is 4.39 Å². The highest BCUT2D eigenvalue weighted by Crippen LogP contribution is 2.25. The van der Waals surface area contributed by atoms with E-state index in [0.29, 0.717) is 5.69 Å². The minimum atomic E-state index is -3.60. The molecule has 4 nitrogen and oxygen atoms in total. The van der Waals surface area contributed by atoms with E-state index in [9.17, 15) is 12.8 Å². The summed E-state index contributed by atoms with van der Waals surface area (Å²) in [5.41, 5.74) is 2.15. The van der Waals surface area contributed by atoms with Gasteiger partial charge < -0.3 is 0 Å². The highest BCUT2D eigenvalue weighted by Gasteiger charge is 2.15. The Morgan fingerprint density at radius 3 is 2.39 bits per heavy atom. The third-order valence-corrected chi connectivity index (χ3v) is 5.00. The van der Waals surface area contributed by atoms with E-state index in [4.69, 9.17) is 0 Å². The van der Waals surface area contributed by atoms with Gasteiger partial charge in [0.1, 0.15) is 10.7 Å². The van der Waals surface area contributed by atoms with E-state index in [1.165, 1.54) is 18.2 Å². The predicted molar refractivity (Wildman–Crippen MR) is 89.8 cm³/mol. The summed E-state index contributed by atoms with van der Waals surface area (Å²) >= 11 is 3.38. The van der Waals surface area contributed by atoms with Gasteiger partial charge in [0.25, 0.3) is 0 Å². The Bertz CT molecular complexity index is 966. The van der Waals surface area contributed by atoms with Crippen molar-refractivity contribution < 1.29 is 12.8 Å². The van der Waals surface area contributed by atoms with Gasteiger partial charge in [0.15, 0.2) is 9.84 Å². The number of aromatic nitrogens is 2. The normalized spacial score (nSPS) is 11.6. The Hall–Kier alpha value is -1.99. The zero-order chi connectivity index (χ0) is 16.6. The average Bonchev–Trinajstić information content (AvgIpc) is 2.96. The van der Waals surface area contributed by atoms with Gasteiger partial charge in [-0.1, -0.05) is 28.1 Å². The summed E-state index contributed by atoms with van der Waals surface area (Å²) in [7, 11) is -3.60.